The van der Waals surface area contributed by atoms with Crippen LogP contribution in [-0.2, 0) is 21.2 Å². The van der Waals surface area contributed by atoms with E-state index < -0.39 is 16.0 Å². The van der Waals surface area contributed by atoms with Crippen LogP contribution in [0.1, 0.15) is 4.88 Å². The van der Waals surface area contributed by atoms with E-state index in [2.05, 4.69) is 9.71 Å². The number of hydrogen-bond donors (Lipinski definition) is 1. The molecule has 102 valence electrons. The van der Waals surface area contributed by atoms with Gasteiger partial charge in [-0.2, -0.15) is 0 Å². The first-order valence-electron chi connectivity index (χ1n) is 4.79. The Morgan fingerprint density at radius 1 is 1.42 bits per heavy atom. The number of sulfonamides is 1. The van der Waals surface area contributed by atoms with E-state index in [0.717, 1.165) is 22.7 Å². The number of nitrogens with zero attached hydrogens (tertiary/aromatic N) is 1. The predicted octanol–water partition coefficient (Wildman–Crippen LogP) is 0.951. The summed E-state index contributed by atoms with van der Waals surface area (Å²) in [5.41, 5.74) is 0. The third-order valence-electron chi connectivity index (χ3n) is 1.91. The summed E-state index contributed by atoms with van der Waals surface area (Å²) in [5, 5.41) is 10.5. The second kappa shape index (κ2) is 5.45. The molecule has 0 atom stereocenters. The maximum absolute atomic E-state index is 11.9. The van der Waals surface area contributed by atoms with Gasteiger partial charge < -0.3 is 9.90 Å². The Balaban J connectivity index is 2.16. The van der Waals surface area contributed by atoms with Gasteiger partial charge in [-0.15, -0.1) is 22.7 Å². The van der Waals surface area contributed by atoms with E-state index in [0.29, 0.717) is 9.21 Å². The van der Waals surface area contributed by atoms with Gasteiger partial charge in [-0.25, -0.2) is 13.4 Å². The average molecular weight is 338 g/mol. The van der Waals surface area contributed by atoms with Crippen molar-refractivity contribution in [3.63, 3.8) is 0 Å². The molecule has 0 aliphatic heterocycles. The predicted molar refractivity (Wildman–Crippen MR) is 71.0 cm³/mol. The summed E-state index contributed by atoms with van der Waals surface area (Å²) >= 11 is 7.53. The lowest BCUT2D eigenvalue weighted by atomic mass is 10.4. The molecular formula is C9H6ClN2O4S3-. The molecule has 0 saturated heterocycles. The molecule has 2 rings (SSSR count). The topological polar surface area (TPSA) is 99.2 Å². The Morgan fingerprint density at radius 3 is 2.74 bits per heavy atom. The van der Waals surface area contributed by atoms with Gasteiger partial charge in [0.05, 0.1) is 4.34 Å². The fourth-order valence-electron chi connectivity index (χ4n) is 1.19. The minimum atomic E-state index is -3.74. The summed E-state index contributed by atoms with van der Waals surface area (Å²) in [6.07, 6.45) is 0.990. The molecule has 0 fully saturated rings. The first kappa shape index (κ1) is 14.3. The van der Waals surface area contributed by atoms with Crippen molar-refractivity contribution < 1.29 is 18.3 Å². The summed E-state index contributed by atoms with van der Waals surface area (Å²) in [4.78, 5) is 14.6. The van der Waals surface area contributed by atoms with E-state index in [1.54, 1.807) is 0 Å². The van der Waals surface area contributed by atoms with Crippen molar-refractivity contribution in [3.05, 3.63) is 27.5 Å². The molecule has 0 aliphatic rings. The first-order chi connectivity index (χ1) is 8.87. The Bertz CT molecular complexity index is 707. The van der Waals surface area contributed by atoms with E-state index in [-0.39, 0.29) is 15.8 Å². The van der Waals surface area contributed by atoms with Crippen molar-refractivity contribution in [1.29, 1.82) is 0 Å². The molecule has 0 aliphatic carbocycles. The SMILES string of the molecule is O=C([O-])Cc1cnc(NS(=O)(=O)c2ccc(Cl)s2)s1. The zero-order valence-corrected chi connectivity index (χ0v) is 12.3. The van der Waals surface area contributed by atoms with Crippen LogP contribution < -0.4 is 9.83 Å². The van der Waals surface area contributed by atoms with Crippen molar-refractivity contribution in [1.82, 2.24) is 4.98 Å². The fraction of sp³-hybridized carbons (Fsp3) is 0.111. The van der Waals surface area contributed by atoms with E-state index in [4.69, 9.17) is 11.6 Å². The number of thiazole rings is 1. The molecule has 0 unspecified atom stereocenters. The molecule has 0 spiro atoms. The Morgan fingerprint density at radius 2 is 2.16 bits per heavy atom. The second-order valence-corrected chi connectivity index (χ2v) is 8.08. The highest BCUT2D eigenvalue weighted by atomic mass is 35.5. The summed E-state index contributed by atoms with van der Waals surface area (Å²) in [5.74, 6) is -1.25. The van der Waals surface area contributed by atoms with E-state index in [1.807, 2.05) is 0 Å². The molecule has 19 heavy (non-hydrogen) atoms. The third kappa shape index (κ3) is 3.66. The largest absolute Gasteiger partial charge is 0.550 e. The summed E-state index contributed by atoms with van der Waals surface area (Å²) < 4.78 is 26.5. The van der Waals surface area contributed by atoms with Gasteiger partial charge in [0, 0.05) is 23.5 Å². The van der Waals surface area contributed by atoms with Crippen LogP contribution in [0.5, 0.6) is 0 Å². The van der Waals surface area contributed by atoms with E-state index >= 15 is 0 Å². The number of aromatic nitrogens is 1. The Labute approximate surface area is 121 Å². The van der Waals surface area contributed by atoms with Crippen LogP contribution in [0.3, 0.4) is 0 Å². The lowest BCUT2D eigenvalue weighted by Crippen LogP contribution is -2.23. The van der Waals surface area contributed by atoms with Crippen LogP contribution in [0.25, 0.3) is 0 Å². The molecule has 0 radical (unpaired) electrons. The summed E-state index contributed by atoms with van der Waals surface area (Å²) in [6, 6.07) is 2.86. The number of hydrogen-bond acceptors (Lipinski definition) is 7. The molecular weight excluding hydrogens is 332 g/mol. The van der Waals surface area contributed by atoms with Crippen molar-refractivity contribution >= 4 is 55.4 Å². The smallest absolute Gasteiger partial charge is 0.273 e. The van der Waals surface area contributed by atoms with Gasteiger partial charge in [0.25, 0.3) is 10.0 Å². The number of thiophene rings is 1. The van der Waals surface area contributed by atoms with Crippen molar-refractivity contribution in [2.24, 2.45) is 0 Å². The minimum absolute atomic E-state index is 0.0640. The normalized spacial score (nSPS) is 11.4. The highest BCUT2D eigenvalue weighted by Crippen LogP contribution is 2.28. The van der Waals surface area contributed by atoms with Crippen LogP contribution in [0.15, 0.2) is 22.5 Å². The highest BCUT2D eigenvalue weighted by molar-refractivity contribution is 7.94. The van der Waals surface area contributed by atoms with Gasteiger partial charge in [-0.05, 0) is 12.1 Å². The molecule has 0 bridgehead atoms. The number of carboxylic acid groups (broad SMARTS) is 1. The van der Waals surface area contributed by atoms with Crippen LogP contribution >= 0.6 is 34.3 Å². The number of anilines is 1. The maximum Gasteiger partial charge on any atom is 0.273 e. The summed E-state index contributed by atoms with van der Waals surface area (Å²) in [7, 11) is -3.74. The number of aliphatic carboxylic acids is 1. The zero-order chi connectivity index (χ0) is 14.0. The van der Waals surface area contributed by atoms with Crippen LogP contribution in [0.4, 0.5) is 5.13 Å². The fourth-order valence-corrected chi connectivity index (χ4v) is 4.71. The molecule has 0 aromatic carbocycles. The van der Waals surface area contributed by atoms with E-state index in [9.17, 15) is 18.3 Å². The average Bonchev–Trinajstić information content (AvgIpc) is 2.87. The third-order valence-corrected chi connectivity index (χ3v) is 6.01. The molecule has 2 aromatic heterocycles. The first-order valence-corrected chi connectivity index (χ1v) is 8.29. The molecule has 1 N–H and O–H groups in total. The van der Waals surface area contributed by atoms with Crippen molar-refractivity contribution in [3.8, 4) is 0 Å². The Hall–Kier alpha value is -1.16. The van der Waals surface area contributed by atoms with Gasteiger partial charge in [0.1, 0.15) is 4.21 Å². The van der Waals surface area contributed by atoms with Crippen molar-refractivity contribution in [2.45, 2.75) is 10.6 Å². The van der Waals surface area contributed by atoms with Gasteiger partial charge >= 0.3 is 0 Å². The van der Waals surface area contributed by atoms with Gasteiger partial charge in [0.15, 0.2) is 5.13 Å². The summed E-state index contributed by atoms with van der Waals surface area (Å²) in [6.45, 7) is 0. The lowest BCUT2D eigenvalue weighted by molar-refractivity contribution is -0.304. The maximum atomic E-state index is 11.9. The number of carboxylic acids is 1. The number of nitrogens with one attached hydrogen (secondary N) is 1. The van der Waals surface area contributed by atoms with Crippen LogP contribution in [0.2, 0.25) is 4.34 Å². The van der Waals surface area contributed by atoms with Crippen molar-refractivity contribution in [2.75, 3.05) is 4.72 Å². The van der Waals surface area contributed by atoms with Crippen LogP contribution in [-0.4, -0.2) is 19.4 Å². The number of rotatable bonds is 5. The minimum Gasteiger partial charge on any atom is -0.550 e. The molecule has 0 amide bonds. The highest BCUT2D eigenvalue weighted by Gasteiger charge is 2.18. The molecule has 2 aromatic rings. The van der Waals surface area contributed by atoms with Gasteiger partial charge in [-0.1, -0.05) is 11.6 Å². The Kier molecular flexibility index (Phi) is 4.09. The van der Waals surface area contributed by atoms with Crippen LogP contribution in [0, 0.1) is 0 Å². The number of carbonyl (C=O) groups is 1. The quantitative estimate of drug-likeness (QED) is 0.875. The number of carbonyl (C=O) groups excluding carboxylic acids is 1. The van der Waals surface area contributed by atoms with E-state index in [1.165, 1.54) is 18.3 Å². The number of halogens is 1. The standard InChI is InChI=1S/C9H7ClN2O4S3/c10-6-1-2-8(18-6)19(15,16)12-9-11-4-5(17-9)3-7(13)14/h1-2,4H,3H2,(H,11,12)(H,13,14)/p-1. The molecule has 10 heteroatoms. The molecule has 0 saturated carbocycles. The van der Waals surface area contributed by atoms with Gasteiger partial charge in [0.2, 0.25) is 0 Å². The molecule has 2 heterocycles. The second-order valence-electron chi connectivity index (χ2n) is 3.34. The lowest BCUT2D eigenvalue weighted by Gasteiger charge is -2.01. The molecule has 6 nitrogen and oxygen atoms in total. The monoisotopic (exact) mass is 337 g/mol. The zero-order valence-electron chi connectivity index (χ0n) is 9.12. The van der Waals surface area contributed by atoms with Gasteiger partial charge in [-0.3, -0.25) is 4.72 Å².